The van der Waals surface area contributed by atoms with Crippen LogP contribution in [0, 0.1) is 0 Å². The van der Waals surface area contributed by atoms with Crippen molar-refractivity contribution < 1.29 is 18.8 Å². The number of methoxy groups -OCH3 is 1. The summed E-state index contributed by atoms with van der Waals surface area (Å²) in [5.74, 6) is 1.66. The van der Waals surface area contributed by atoms with Crippen molar-refractivity contribution in [2.24, 2.45) is 0 Å². The number of carbonyl (C=O) groups excluding carboxylic acids is 1. The lowest BCUT2D eigenvalue weighted by Crippen LogP contribution is -2.39. The van der Waals surface area contributed by atoms with Gasteiger partial charge in [0.1, 0.15) is 12.0 Å². The van der Waals surface area contributed by atoms with Gasteiger partial charge in [0.25, 0.3) is 0 Å². The molecule has 172 valence electrons. The Morgan fingerprint density at radius 2 is 2.09 bits per heavy atom. The van der Waals surface area contributed by atoms with Gasteiger partial charge in [-0.1, -0.05) is 28.9 Å². The molecule has 0 aliphatic carbocycles. The Balaban J connectivity index is 1.24. The van der Waals surface area contributed by atoms with Crippen LogP contribution < -0.4 is 14.8 Å². The molecule has 0 bridgehead atoms. The highest BCUT2D eigenvalue weighted by atomic mass is 16.5. The minimum absolute atomic E-state index is 0.171. The smallest absolute Gasteiger partial charge is 0.323 e. The number of hydrogen-bond acceptors (Lipinski definition) is 7. The van der Waals surface area contributed by atoms with Gasteiger partial charge in [-0.3, -0.25) is 5.32 Å². The fourth-order valence-electron chi connectivity index (χ4n) is 3.56. The summed E-state index contributed by atoms with van der Waals surface area (Å²) in [5, 5.41) is 6.49. The van der Waals surface area contributed by atoms with Gasteiger partial charge in [-0.2, -0.15) is 0 Å². The highest BCUT2D eigenvalue weighted by molar-refractivity contribution is 5.88. The summed E-state index contributed by atoms with van der Waals surface area (Å²) < 4.78 is 15.7. The van der Waals surface area contributed by atoms with Crippen LogP contribution in [-0.4, -0.2) is 52.9 Å². The second-order valence-electron chi connectivity index (χ2n) is 7.72. The van der Waals surface area contributed by atoms with Crippen molar-refractivity contribution in [3.8, 4) is 11.6 Å². The molecule has 3 aromatic rings. The molecule has 2 aromatic heterocycles. The molecule has 3 heterocycles. The molecule has 0 atom stereocenters. The maximum absolute atomic E-state index is 12.5. The summed E-state index contributed by atoms with van der Waals surface area (Å²) in [6.45, 7) is 1.94. The molecule has 1 saturated heterocycles. The minimum Gasteiger partial charge on any atom is -0.494 e. The van der Waals surface area contributed by atoms with E-state index in [-0.39, 0.29) is 6.03 Å². The van der Waals surface area contributed by atoms with Gasteiger partial charge in [0.2, 0.25) is 5.88 Å². The van der Waals surface area contributed by atoms with Crippen molar-refractivity contribution in [2.75, 3.05) is 32.1 Å². The normalized spacial score (nSPS) is 13.5. The predicted octanol–water partition coefficient (Wildman–Crippen LogP) is 4.20. The van der Waals surface area contributed by atoms with Gasteiger partial charge in [-0.15, -0.1) is 0 Å². The van der Waals surface area contributed by atoms with Crippen LogP contribution in [0.25, 0.3) is 6.08 Å². The number of aryl methyl sites for hydroxylation is 1. The summed E-state index contributed by atoms with van der Waals surface area (Å²) in [6.07, 6.45) is 12.0. The molecule has 1 aliphatic rings. The Hall–Kier alpha value is -3.88. The van der Waals surface area contributed by atoms with Crippen molar-refractivity contribution in [2.45, 2.75) is 25.7 Å². The van der Waals surface area contributed by atoms with Crippen LogP contribution in [0.15, 0.2) is 59.2 Å². The summed E-state index contributed by atoms with van der Waals surface area (Å²) in [7, 11) is 1.52. The summed E-state index contributed by atoms with van der Waals surface area (Å²) >= 11 is 0. The lowest BCUT2D eigenvalue weighted by molar-refractivity contribution is 0.207. The van der Waals surface area contributed by atoms with Crippen LogP contribution in [0.2, 0.25) is 0 Å². The monoisotopic (exact) mass is 449 g/mol. The molecule has 1 fully saturated rings. The molecular formula is C24H27N5O4. The standard InChI is InChI=1S/C24H27N5O4/c1-31-23-16-25-22(15-26-23)28-24(30)29-9-7-18(8-10-29)12-19-4-2-6-21(13-19)32-11-3-5-20-14-27-33-17-20/h2,4,6,12-17H,3,5,7-11H2,1H3,(H,25,28,30). The average molecular weight is 450 g/mol. The first kappa shape index (κ1) is 22.3. The Bertz CT molecular complexity index is 1060. The second-order valence-corrected chi connectivity index (χ2v) is 7.72. The molecule has 33 heavy (non-hydrogen) atoms. The number of ether oxygens (including phenoxy) is 2. The predicted molar refractivity (Wildman–Crippen MR) is 123 cm³/mol. The van der Waals surface area contributed by atoms with E-state index in [2.05, 4.69) is 32.6 Å². The van der Waals surface area contributed by atoms with E-state index in [4.69, 9.17) is 14.0 Å². The van der Waals surface area contributed by atoms with E-state index < -0.39 is 0 Å². The van der Waals surface area contributed by atoms with Crippen LogP contribution in [-0.2, 0) is 6.42 Å². The maximum Gasteiger partial charge on any atom is 0.323 e. The summed E-state index contributed by atoms with van der Waals surface area (Å²) in [6, 6.07) is 7.91. The fourth-order valence-corrected chi connectivity index (χ4v) is 3.56. The van der Waals surface area contributed by atoms with E-state index in [0.29, 0.717) is 31.4 Å². The van der Waals surface area contributed by atoms with Gasteiger partial charge in [0, 0.05) is 18.7 Å². The van der Waals surface area contributed by atoms with Crippen LogP contribution >= 0.6 is 0 Å². The highest BCUT2D eigenvalue weighted by Gasteiger charge is 2.19. The van der Waals surface area contributed by atoms with E-state index in [1.165, 1.54) is 25.1 Å². The molecule has 9 nitrogen and oxygen atoms in total. The number of amides is 2. The number of nitrogens with one attached hydrogen (secondary N) is 1. The van der Waals surface area contributed by atoms with Gasteiger partial charge in [-0.25, -0.2) is 14.8 Å². The lowest BCUT2D eigenvalue weighted by Gasteiger charge is -2.28. The van der Waals surface area contributed by atoms with Crippen LogP contribution in [0.3, 0.4) is 0 Å². The summed E-state index contributed by atoms with van der Waals surface area (Å²) in [4.78, 5) is 22.5. The topological polar surface area (TPSA) is 103 Å². The lowest BCUT2D eigenvalue weighted by atomic mass is 10.0. The van der Waals surface area contributed by atoms with Gasteiger partial charge < -0.3 is 18.9 Å². The molecule has 0 spiro atoms. The van der Waals surface area contributed by atoms with Crippen molar-refractivity contribution in [1.82, 2.24) is 20.0 Å². The van der Waals surface area contributed by atoms with Crippen LogP contribution in [0.5, 0.6) is 11.6 Å². The number of nitrogens with zero attached hydrogens (tertiary/aromatic N) is 4. The van der Waals surface area contributed by atoms with Crippen LogP contribution in [0.4, 0.5) is 10.6 Å². The molecule has 0 saturated carbocycles. The van der Waals surface area contributed by atoms with E-state index in [1.807, 2.05) is 18.2 Å². The molecule has 0 radical (unpaired) electrons. The summed E-state index contributed by atoms with van der Waals surface area (Å²) in [5.41, 5.74) is 3.50. The van der Waals surface area contributed by atoms with Gasteiger partial charge >= 0.3 is 6.03 Å². The second kappa shape index (κ2) is 11.1. The first-order valence-corrected chi connectivity index (χ1v) is 10.9. The van der Waals surface area contributed by atoms with Crippen LogP contribution in [0.1, 0.15) is 30.4 Å². The quantitative estimate of drug-likeness (QED) is 0.514. The minimum atomic E-state index is -0.171. The van der Waals surface area contributed by atoms with E-state index >= 15 is 0 Å². The van der Waals surface area contributed by atoms with Crippen molar-refractivity contribution in [1.29, 1.82) is 0 Å². The zero-order valence-electron chi connectivity index (χ0n) is 18.6. The Morgan fingerprint density at radius 1 is 1.21 bits per heavy atom. The van der Waals surface area contributed by atoms with Crippen molar-refractivity contribution in [3.63, 3.8) is 0 Å². The van der Waals surface area contributed by atoms with Gasteiger partial charge in [0.05, 0.1) is 32.3 Å². The molecule has 9 heteroatoms. The molecule has 1 aliphatic heterocycles. The molecule has 4 rings (SSSR count). The number of hydrogen-bond donors (Lipinski definition) is 1. The number of carbonyl (C=O) groups is 1. The molecule has 0 unspecified atom stereocenters. The Kier molecular flexibility index (Phi) is 7.52. The molecule has 1 N–H and O–H groups in total. The Labute approximate surface area is 192 Å². The number of anilines is 1. The third kappa shape index (κ3) is 6.55. The maximum atomic E-state index is 12.5. The third-order valence-corrected chi connectivity index (χ3v) is 5.36. The highest BCUT2D eigenvalue weighted by Crippen LogP contribution is 2.22. The first-order valence-electron chi connectivity index (χ1n) is 10.9. The number of benzene rings is 1. The molecule has 1 aromatic carbocycles. The number of likely N-dealkylation sites (tertiary alicyclic amines) is 1. The van der Waals surface area contributed by atoms with E-state index in [0.717, 1.165) is 42.6 Å². The van der Waals surface area contributed by atoms with E-state index in [1.54, 1.807) is 17.4 Å². The largest absolute Gasteiger partial charge is 0.494 e. The van der Waals surface area contributed by atoms with Gasteiger partial charge in [-0.05, 0) is 43.4 Å². The third-order valence-electron chi connectivity index (χ3n) is 5.36. The Morgan fingerprint density at radius 3 is 2.82 bits per heavy atom. The zero-order valence-corrected chi connectivity index (χ0v) is 18.6. The number of rotatable bonds is 8. The zero-order chi connectivity index (χ0) is 22.9. The molecular weight excluding hydrogens is 422 g/mol. The number of urea groups is 1. The van der Waals surface area contributed by atoms with Gasteiger partial charge in [0.15, 0.2) is 5.82 Å². The SMILES string of the molecule is COc1cnc(NC(=O)N2CCC(=Cc3cccc(OCCCc4cnoc4)c3)CC2)cn1. The average Bonchev–Trinajstić information content (AvgIpc) is 3.37. The van der Waals surface area contributed by atoms with Crippen molar-refractivity contribution in [3.05, 3.63) is 65.8 Å². The van der Waals surface area contributed by atoms with Crippen molar-refractivity contribution >= 4 is 17.9 Å². The fraction of sp³-hybridized carbons (Fsp3) is 0.333. The first-order chi connectivity index (χ1) is 16.2. The van der Waals surface area contributed by atoms with E-state index in [9.17, 15) is 4.79 Å². The molecule has 2 amide bonds. The number of piperidine rings is 1. The number of aromatic nitrogens is 3.